The Kier molecular flexibility index (Phi) is 5.09. The van der Waals surface area contributed by atoms with Crippen molar-refractivity contribution in [2.75, 3.05) is 12.0 Å². The van der Waals surface area contributed by atoms with Gasteiger partial charge >= 0.3 is 0 Å². The molecule has 1 heterocycles. The van der Waals surface area contributed by atoms with E-state index in [1.807, 2.05) is 20.1 Å². The number of amides is 1. The van der Waals surface area contributed by atoms with E-state index in [-0.39, 0.29) is 11.9 Å². The van der Waals surface area contributed by atoms with Gasteiger partial charge in [0.05, 0.1) is 10.6 Å². The Morgan fingerprint density at radius 2 is 2.38 bits per heavy atom. The van der Waals surface area contributed by atoms with Gasteiger partial charge in [0, 0.05) is 23.7 Å². The third-order valence-electron chi connectivity index (χ3n) is 2.03. The van der Waals surface area contributed by atoms with Gasteiger partial charge in [-0.15, -0.1) is 0 Å². The molecule has 1 amide bonds. The van der Waals surface area contributed by atoms with Gasteiger partial charge in [-0.3, -0.25) is 9.78 Å². The van der Waals surface area contributed by atoms with Gasteiger partial charge in [-0.05, 0) is 26.2 Å². The van der Waals surface area contributed by atoms with E-state index in [0.29, 0.717) is 10.6 Å². The largest absolute Gasteiger partial charge is 0.349 e. The van der Waals surface area contributed by atoms with Crippen LogP contribution in [0.3, 0.4) is 0 Å². The normalized spacial score (nSPS) is 12.2. The third kappa shape index (κ3) is 3.68. The van der Waals surface area contributed by atoms with E-state index in [1.54, 1.807) is 17.8 Å². The van der Waals surface area contributed by atoms with Gasteiger partial charge in [-0.2, -0.15) is 11.8 Å². The zero-order valence-corrected chi connectivity index (χ0v) is 11.2. The fraction of sp³-hybridized carbons (Fsp3) is 0.455. The van der Waals surface area contributed by atoms with Crippen LogP contribution >= 0.6 is 23.4 Å². The summed E-state index contributed by atoms with van der Waals surface area (Å²) in [5.74, 6) is 0.710. The predicted octanol–water partition coefficient (Wildman–Crippen LogP) is 2.52. The molecule has 5 heteroatoms. The van der Waals surface area contributed by atoms with E-state index < -0.39 is 0 Å². The lowest BCUT2D eigenvalue weighted by Crippen LogP contribution is -2.34. The first kappa shape index (κ1) is 13.3. The number of hydrogen-bond acceptors (Lipinski definition) is 3. The number of thioether (sulfide) groups is 1. The van der Waals surface area contributed by atoms with Gasteiger partial charge in [-0.1, -0.05) is 11.6 Å². The number of nitrogens with zero attached hydrogens (tertiary/aromatic N) is 1. The molecule has 16 heavy (non-hydrogen) atoms. The number of aryl methyl sites for hydroxylation is 1. The molecule has 1 aromatic rings. The second-order valence-electron chi connectivity index (χ2n) is 3.64. The molecule has 88 valence electrons. The summed E-state index contributed by atoms with van der Waals surface area (Å²) in [5, 5.41) is 3.32. The fourth-order valence-electron chi connectivity index (χ4n) is 1.29. The first-order valence-electron chi connectivity index (χ1n) is 4.96. The Morgan fingerprint density at radius 1 is 1.69 bits per heavy atom. The summed E-state index contributed by atoms with van der Waals surface area (Å²) in [6.07, 6.45) is 3.52. The summed E-state index contributed by atoms with van der Waals surface area (Å²) < 4.78 is 0. The number of hydrogen-bond donors (Lipinski definition) is 1. The quantitative estimate of drug-likeness (QED) is 0.902. The Hall–Kier alpha value is -0.740. The highest BCUT2D eigenvalue weighted by Crippen LogP contribution is 2.15. The van der Waals surface area contributed by atoms with Crippen LogP contribution in [0.25, 0.3) is 0 Å². The van der Waals surface area contributed by atoms with Crippen LogP contribution in [0.15, 0.2) is 12.3 Å². The number of carbonyl (C=O) groups is 1. The molecule has 0 fully saturated rings. The maximum atomic E-state index is 11.8. The van der Waals surface area contributed by atoms with Crippen molar-refractivity contribution in [1.82, 2.24) is 10.3 Å². The molecule has 0 saturated carbocycles. The Bertz CT molecular complexity index is 384. The zero-order chi connectivity index (χ0) is 12.1. The van der Waals surface area contributed by atoms with Gasteiger partial charge in [-0.25, -0.2) is 0 Å². The zero-order valence-electron chi connectivity index (χ0n) is 9.58. The highest BCUT2D eigenvalue weighted by atomic mass is 35.5. The Balaban J connectivity index is 2.73. The minimum absolute atomic E-state index is 0.125. The van der Waals surface area contributed by atoms with Gasteiger partial charge in [0.25, 0.3) is 5.91 Å². The van der Waals surface area contributed by atoms with E-state index in [9.17, 15) is 4.79 Å². The summed E-state index contributed by atoms with van der Waals surface area (Å²) in [6, 6.07) is 1.82. The minimum atomic E-state index is -0.168. The lowest BCUT2D eigenvalue weighted by Gasteiger charge is -2.13. The molecule has 0 aromatic carbocycles. The lowest BCUT2D eigenvalue weighted by molar-refractivity contribution is 0.0943. The summed E-state index contributed by atoms with van der Waals surface area (Å²) >= 11 is 7.67. The van der Waals surface area contributed by atoms with Crippen LogP contribution in [0.4, 0.5) is 0 Å². The predicted molar refractivity (Wildman–Crippen MR) is 69.3 cm³/mol. The molecule has 1 unspecified atom stereocenters. The highest BCUT2D eigenvalue weighted by molar-refractivity contribution is 7.98. The SMILES string of the molecule is CSCC(C)NC(=O)c1cnc(C)cc1Cl. The number of nitrogens with one attached hydrogen (secondary N) is 1. The van der Waals surface area contributed by atoms with Crippen LogP contribution in [0.2, 0.25) is 5.02 Å². The van der Waals surface area contributed by atoms with Crippen LogP contribution in [0, 0.1) is 6.92 Å². The average Bonchev–Trinajstić information content (AvgIpc) is 2.17. The number of rotatable bonds is 4. The van der Waals surface area contributed by atoms with Crippen molar-refractivity contribution in [3.63, 3.8) is 0 Å². The smallest absolute Gasteiger partial charge is 0.254 e. The monoisotopic (exact) mass is 258 g/mol. The van der Waals surface area contributed by atoms with Crippen molar-refractivity contribution in [1.29, 1.82) is 0 Å². The molecule has 1 N–H and O–H groups in total. The van der Waals surface area contributed by atoms with Gasteiger partial charge in [0.1, 0.15) is 0 Å². The summed E-state index contributed by atoms with van der Waals surface area (Å²) in [6.45, 7) is 3.80. The van der Waals surface area contributed by atoms with Crippen molar-refractivity contribution in [2.45, 2.75) is 19.9 Å². The van der Waals surface area contributed by atoms with Crippen molar-refractivity contribution in [3.05, 3.63) is 28.5 Å². The molecule has 0 saturated heterocycles. The van der Waals surface area contributed by atoms with Crippen LogP contribution in [-0.2, 0) is 0 Å². The molecule has 1 rings (SSSR count). The van der Waals surface area contributed by atoms with E-state index in [1.165, 1.54) is 6.20 Å². The topological polar surface area (TPSA) is 42.0 Å². The molecule has 1 atom stereocenters. The maximum Gasteiger partial charge on any atom is 0.254 e. The van der Waals surface area contributed by atoms with E-state index in [0.717, 1.165) is 11.4 Å². The van der Waals surface area contributed by atoms with E-state index in [2.05, 4.69) is 10.3 Å². The number of carbonyl (C=O) groups excluding carboxylic acids is 1. The van der Waals surface area contributed by atoms with Gasteiger partial charge in [0.15, 0.2) is 0 Å². The van der Waals surface area contributed by atoms with E-state index >= 15 is 0 Å². The molecule has 3 nitrogen and oxygen atoms in total. The second kappa shape index (κ2) is 6.11. The van der Waals surface area contributed by atoms with E-state index in [4.69, 9.17) is 11.6 Å². The van der Waals surface area contributed by atoms with Crippen molar-refractivity contribution >= 4 is 29.3 Å². The fourth-order valence-corrected chi connectivity index (χ4v) is 2.16. The van der Waals surface area contributed by atoms with Crippen LogP contribution < -0.4 is 5.32 Å². The van der Waals surface area contributed by atoms with Gasteiger partial charge < -0.3 is 5.32 Å². The summed E-state index contributed by atoms with van der Waals surface area (Å²) in [7, 11) is 0. The molecule has 0 radical (unpaired) electrons. The number of halogens is 1. The molecular formula is C11H15ClN2OS. The first-order chi connectivity index (χ1) is 7.54. The van der Waals surface area contributed by atoms with Crippen molar-refractivity contribution in [2.24, 2.45) is 0 Å². The Morgan fingerprint density at radius 3 is 2.94 bits per heavy atom. The molecule has 0 spiro atoms. The standard InChI is InChI=1S/C11H15ClN2OS/c1-7-4-10(12)9(5-13-7)11(15)14-8(2)6-16-3/h4-5,8H,6H2,1-3H3,(H,14,15). The molecule has 0 aliphatic rings. The summed E-state index contributed by atoms with van der Waals surface area (Å²) in [4.78, 5) is 15.9. The highest BCUT2D eigenvalue weighted by Gasteiger charge is 2.13. The number of pyridine rings is 1. The molecule has 0 aliphatic carbocycles. The van der Waals surface area contributed by atoms with Crippen molar-refractivity contribution in [3.8, 4) is 0 Å². The third-order valence-corrected chi connectivity index (χ3v) is 3.18. The van der Waals surface area contributed by atoms with Crippen LogP contribution in [0.1, 0.15) is 23.0 Å². The molecule has 1 aromatic heterocycles. The first-order valence-corrected chi connectivity index (χ1v) is 6.73. The van der Waals surface area contributed by atoms with Crippen LogP contribution in [-0.4, -0.2) is 28.9 Å². The average molecular weight is 259 g/mol. The second-order valence-corrected chi connectivity index (χ2v) is 4.95. The van der Waals surface area contributed by atoms with Gasteiger partial charge in [0.2, 0.25) is 0 Å². The Labute approximate surface area is 105 Å². The molecular weight excluding hydrogens is 244 g/mol. The number of aromatic nitrogens is 1. The molecule has 0 aliphatic heterocycles. The molecule has 0 bridgehead atoms. The lowest BCUT2D eigenvalue weighted by atomic mass is 10.2. The van der Waals surface area contributed by atoms with Crippen molar-refractivity contribution < 1.29 is 4.79 Å². The maximum absolute atomic E-state index is 11.8. The minimum Gasteiger partial charge on any atom is -0.349 e. The van der Waals surface area contributed by atoms with Crippen LogP contribution in [0.5, 0.6) is 0 Å². The summed E-state index contributed by atoms with van der Waals surface area (Å²) in [5.41, 5.74) is 1.24.